The number of urea groups is 1. The summed E-state index contributed by atoms with van der Waals surface area (Å²) >= 11 is 6.00. The third-order valence-corrected chi connectivity index (χ3v) is 7.31. The highest BCUT2D eigenvalue weighted by molar-refractivity contribution is 7.92. The van der Waals surface area contributed by atoms with Gasteiger partial charge in [-0.3, -0.25) is 4.31 Å². The highest BCUT2D eigenvalue weighted by atomic mass is 35.5. The van der Waals surface area contributed by atoms with E-state index in [2.05, 4.69) is 10.6 Å². The van der Waals surface area contributed by atoms with E-state index in [9.17, 15) is 13.2 Å². The number of anilines is 3. The van der Waals surface area contributed by atoms with Crippen LogP contribution in [0.3, 0.4) is 0 Å². The van der Waals surface area contributed by atoms with Crippen LogP contribution in [-0.2, 0) is 16.4 Å². The van der Waals surface area contributed by atoms with E-state index < -0.39 is 16.1 Å². The Morgan fingerprint density at radius 2 is 1.71 bits per heavy atom. The van der Waals surface area contributed by atoms with Crippen LogP contribution in [0.5, 0.6) is 0 Å². The van der Waals surface area contributed by atoms with Crippen LogP contribution < -0.4 is 14.9 Å². The van der Waals surface area contributed by atoms with E-state index in [1.807, 2.05) is 26.0 Å². The fraction of sp³-hybridized carbons (Fsp3) is 0.174. The SMILES string of the molecule is Cc1ccc(S(=O)(=O)N2CCc3cc(NC(=O)Nc4cc(Cl)ccc4C)ccc32)cc1. The average molecular weight is 456 g/mol. The van der Waals surface area contributed by atoms with Crippen LogP contribution in [0, 0.1) is 13.8 Å². The van der Waals surface area contributed by atoms with Gasteiger partial charge < -0.3 is 10.6 Å². The number of aryl methyl sites for hydroxylation is 2. The summed E-state index contributed by atoms with van der Waals surface area (Å²) in [6, 6.07) is 17.0. The van der Waals surface area contributed by atoms with Gasteiger partial charge in [-0.15, -0.1) is 0 Å². The quantitative estimate of drug-likeness (QED) is 0.556. The molecule has 2 N–H and O–H groups in total. The first-order chi connectivity index (χ1) is 14.7. The van der Waals surface area contributed by atoms with Gasteiger partial charge in [-0.2, -0.15) is 0 Å². The lowest BCUT2D eigenvalue weighted by molar-refractivity contribution is 0.262. The third kappa shape index (κ3) is 4.38. The summed E-state index contributed by atoms with van der Waals surface area (Å²) in [5, 5.41) is 6.12. The Bertz CT molecular complexity index is 1260. The molecule has 8 heteroatoms. The van der Waals surface area contributed by atoms with Gasteiger partial charge in [-0.1, -0.05) is 35.4 Å². The van der Waals surface area contributed by atoms with Crippen molar-refractivity contribution in [3.05, 3.63) is 82.4 Å². The van der Waals surface area contributed by atoms with Gasteiger partial charge in [0, 0.05) is 22.9 Å². The van der Waals surface area contributed by atoms with E-state index in [-0.39, 0.29) is 4.90 Å². The van der Waals surface area contributed by atoms with Crippen LogP contribution in [0.4, 0.5) is 21.9 Å². The second kappa shape index (κ2) is 8.24. The molecule has 160 valence electrons. The fourth-order valence-electron chi connectivity index (χ4n) is 3.55. The average Bonchev–Trinajstić information content (AvgIpc) is 3.15. The minimum atomic E-state index is -3.63. The second-order valence-electron chi connectivity index (χ2n) is 7.52. The summed E-state index contributed by atoms with van der Waals surface area (Å²) in [6.07, 6.45) is 0.574. The molecule has 4 rings (SSSR count). The number of sulfonamides is 1. The maximum Gasteiger partial charge on any atom is 0.323 e. The first-order valence-corrected chi connectivity index (χ1v) is 11.6. The Hall–Kier alpha value is -3.03. The fourth-order valence-corrected chi connectivity index (χ4v) is 5.23. The number of nitrogens with zero attached hydrogens (tertiary/aromatic N) is 1. The Morgan fingerprint density at radius 1 is 0.968 bits per heavy atom. The Balaban J connectivity index is 1.51. The molecule has 0 aliphatic carbocycles. The number of carbonyl (C=O) groups excluding carboxylic acids is 1. The van der Waals surface area contributed by atoms with E-state index >= 15 is 0 Å². The molecule has 0 bridgehead atoms. The minimum Gasteiger partial charge on any atom is -0.308 e. The first-order valence-electron chi connectivity index (χ1n) is 9.80. The van der Waals surface area contributed by atoms with Gasteiger partial charge in [0.1, 0.15) is 0 Å². The lowest BCUT2D eigenvalue weighted by atomic mass is 10.1. The van der Waals surface area contributed by atoms with Gasteiger partial charge in [0.05, 0.1) is 10.6 Å². The highest BCUT2D eigenvalue weighted by Crippen LogP contribution is 2.34. The number of carbonyl (C=O) groups is 1. The molecule has 6 nitrogen and oxygen atoms in total. The van der Waals surface area contributed by atoms with Crippen molar-refractivity contribution in [1.29, 1.82) is 0 Å². The number of halogens is 1. The normalized spacial score (nSPS) is 13.1. The zero-order chi connectivity index (χ0) is 22.2. The molecule has 0 aromatic heterocycles. The van der Waals surface area contributed by atoms with Crippen molar-refractivity contribution in [3.63, 3.8) is 0 Å². The van der Waals surface area contributed by atoms with Crippen molar-refractivity contribution in [3.8, 4) is 0 Å². The van der Waals surface area contributed by atoms with Crippen LogP contribution in [0.1, 0.15) is 16.7 Å². The highest BCUT2D eigenvalue weighted by Gasteiger charge is 2.31. The molecule has 0 radical (unpaired) electrons. The number of fused-ring (bicyclic) bond motifs is 1. The number of hydrogen-bond donors (Lipinski definition) is 2. The molecule has 1 aliphatic heterocycles. The molecule has 0 unspecified atom stereocenters. The third-order valence-electron chi connectivity index (χ3n) is 5.25. The van der Waals surface area contributed by atoms with Gasteiger partial charge in [-0.05, 0) is 73.9 Å². The molecule has 0 atom stereocenters. The summed E-state index contributed by atoms with van der Waals surface area (Å²) in [5.41, 5.74) is 4.62. The topological polar surface area (TPSA) is 78.5 Å². The Kier molecular flexibility index (Phi) is 5.64. The predicted octanol–water partition coefficient (Wildman–Crippen LogP) is 5.35. The Morgan fingerprint density at radius 3 is 2.45 bits per heavy atom. The van der Waals surface area contributed by atoms with E-state index in [1.165, 1.54) is 4.31 Å². The molecule has 0 fully saturated rings. The summed E-state index contributed by atoms with van der Waals surface area (Å²) in [6.45, 7) is 4.16. The number of hydrogen-bond acceptors (Lipinski definition) is 3. The smallest absolute Gasteiger partial charge is 0.308 e. The van der Waals surface area contributed by atoms with Gasteiger partial charge >= 0.3 is 6.03 Å². The van der Waals surface area contributed by atoms with E-state index in [0.29, 0.717) is 35.1 Å². The van der Waals surface area contributed by atoms with Crippen molar-refractivity contribution >= 4 is 44.7 Å². The molecule has 3 aromatic carbocycles. The maximum atomic E-state index is 13.1. The number of rotatable bonds is 4. The first kappa shape index (κ1) is 21.2. The molecule has 31 heavy (non-hydrogen) atoms. The monoisotopic (exact) mass is 455 g/mol. The van der Waals surface area contributed by atoms with Gasteiger partial charge in [0.15, 0.2) is 0 Å². The van der Waals surface area contributed by atoms with Crippen molar-refractivity contribution in [2.24, 2.45) is 0 Å². The summed E-state index contributed by atoms with van der Waals surface area (Å²) in [5.74, 6) is 0. The molecule has 0 spiro atoms. The summed E-state index contributed by atoms with van der Waals surface area (Å²) in [4.78, 5) is 12.7. The zero-order valence-electron chi connectivity index (χ0n) is 17.1. The number of benzene rings is 3. The lowest BCUT2D eigenvalue weighted by Gasteiger charge is -2.20. The van der Waals surface area contributed by atoms with Gasteiger partial charge in [0.25, 0.3) is 10.0 Å². The van der Waals surface area contributed by atoms with E-state index in [0.717, 1.165) is 16.7 Å². The standard InChI is InChI=1S/C23H22ClN3O3S/c1-15-3-8-20(9-4-15)31(29,30)27-12-11-17-13-19(7-10-22(17)27)25-23(28)26-21-14-18(24)6-5-16(21)2/h3-10,13-14H,11-12H2,1-2H3,(H2,25,26,28). The van der Waals surface area contributed by atoms with E-state index in [1.54, 1.807) is 48.5 Å². The minimum absolute atomic E-state index is 0.268. The zero-order valence-corrected chi connectivity index (χ0v) is 18.7. The maximum absolute atomic E-state index is 13.1. The van der Waals surface area contributed by atoms with Crippen LogP contribution in [-0.4, -0.2) is 21.0 Å². The molecule has 0 saturated heterocycles. The molecule has 2 amide bonds. The molecule has 0 saturated carbocycles. The van der Waals surface area contributed by atoms with E-state index in [4.69, 9.17) is 11.6 Å². The molecule has 1 heterocycles. The van der Waals surface area contributed by atoms with Crippen molar-refractivity contribution in [1.82, 2.24) is 0 Å². The Labute approximate surface area is 186 Å². The summed E-state index contributed by atoms with van der Waals surface area (Å²) in [7, 11) is -3.63. The molecule has 3 aromatic rings. The van der Waals surface area contributed by atoms with Crippen molar-refractivity contribution in [2.75, 3.05) is 21.5 Å². The van der Waals surface area contributed by atoms with Gasteiger partial charge in [-0.25, -0.2) is 13.2 Å². The largest absolute Gasteiger partial charge is 0.323 e. The summed E-state index contributed by atoms with van der Waals surface area (Å²) < 4.78 is 27.6. The molecular weight excluding hydrogens is 434 g/mol. The number of amides is 2. The predicted molar refractivity (Wildman–Crippen MR) is 125 cm³/mol. The lowest BCUT2D eigenvalue weighted by Crippen LogP contribution is -2.29. The van der Waals surface area contributed by atoms with Crippen LogP contribution >= 0.6 is 11.6 Å². The van der Waals surface area contributed by atoms with Crippen LogP contribution in [0.2, 0.25) is 5.02 Å². The van der Waals surface area contributed by atoms with Crippen molar-refractivity contribution < 1.29 is 13.2 Å². The van der Waals surface area contributed by atoms with Crippen molar-refractivity contribution in [2.45, 2.75) is 25.2 Å². The second-order valence-corrected chi connectivity index (χ2v) is 9.82. The van der Waals surface area contributed by atoms with Crippen LogP contribution in [0.15, 0.2) is 65.6 Å². The van der Waals surface area contributed by atoms with Crippen LogP contribution in [0.25, 0.3) is 0 Å². The molecular formula is C23H22ClN3O3S. The number of nitrogens with one attached hydrogen (secondary N) is 2. The van der Waals surface area contributed by atoms with Gasteiger partial charge in [0.2, 0.25) is 0 Å². The molecule has 1 aliphatic rings.